The van der Waals surface area contributed by atoms with Crippen molar-refractivity contribution in [2.75, 3.05) is 0 Å². The number of hydrogen-bond acceptors (Lipinski definition) is 3. The van der Waals surface area contributed by atoms with Gasteiger partial charge in [-0.1, -0.05) is 0 Å². The largest absolute Gasteiger partial charge is 0.285 e. The molecule has 0 radical (unpaired) electrons. The van der Waals surface area contributed by atoms with E-state index in [2.05, 4.69) is 16.3 Å². The van der Waals surface area contributed by atoms with Gasteiger partial charge in [-0.3, -0.25) is 5.10 Å². The number of hydrogen-bond donors (Lipinski definition) is 1. The van der Waals surface area contributed by atoms with Crippen molar-refractivity contribution in [1.29, 1.82) is 5.26 Å². The van der Waals surface area contributed by atoms with Crippen LogP contribution in [-0.4, -0.2) is 10.2 Å². The van der Waals surface area contributed by atoms with Crippen LogP contribution in [-0.2, 0) is 0 Å². The summed E-state index contributed by atoms with van der Waals surface area (Å²) >= 11 is 1.55. The zero-order valence-corrected chi connectivity index (χ0v) is 6.93. The van der Waals surface area contributed by atoms with Gasteiger partial charge in [0.1, 0.15) is 6.07 Å². The van der Waals surface area contributed by atoms with E-state index in [1.807, 2.05) is 17.6 Å². The van der Waals surface area contributed by atoms with Gasteiger partial charge in [0, 0.05) is 22.0 Å². The lowest BCUT2D eigenvalue weighted by molar-refractivity contribution is 1.09. The average Bonchev–Trinajstić information content (AvgIpc) is 2.75. The van der Waals surface area contributed by atoms with Gasteiger partial charge < -0.3 is 0 Å². The summed E-state index contributed by atoms with van der Waals surface area (Å²) in [4.78, 5) is 1.07. The van der Waals surface area contributed by atoms with Crippen molar-refractivity contribution >= 4 is 11.3 Å². The highest BCUT2D eigenvalue weighted by Gasteiger charge is 2.01. The van der Waals surface area contributed by atoms with Crippen LogP contribution >= 0.6 is 11.3 Å². The molecule has 12 heavy (non-hydrogen) atoms. The van der Waals surface area contributed by atoms with Crippen LogP contribution in [0.25, 0.3) is 10.4 Å². The van der Waals surface area contributed by atoms with E-state index in [1.54, 1.807) is 17.5 Å². The topological polar surface area (TPSA) is 52.5 Å². The van der Waals surface area contributed by atoms with Crippen LogP contribution in [0.5, 0.6) is 0 Å². The molecule has 0 unspecified atom stereocenters. The zero-order valence-electron chi connectivity index (χ0n) is 6.11. The molecule has 58 valence electrons. The van der Waals surface area contributed by atoms with Crippen LogP contribution in [0.15, 0.2) is 23.8 Å². The molecular weight excluding hydrogens is 170 g/mol. The number of thiophene rings is 1. The summed E-state index contributed by atoms with van der Waals surface area (Å²) < 4.78 is 0. The Labute approximate surface area is 73.3 Å². The summed E-state index contributed by atoms with van der Waals surface area (Å²) in [6.07, 6.45) is 3.56. The van der Waals surface area contributed by atoms with E-state index >= 15 is 0 Å². The minimum absolute atomic E-state index is 0.705. The zero-order chi connectivity index (χ0) is 8.39. The molecule has 0 bridgehead atoms. The molecule has 2 aromatic rings. The first kappa shape index (κ1) is 7.07. The minimum atomic E-state index is 0.705. The SMILES string of the molecule is N#Cc1csc(-c2cn[nH]c2)c1. The van der Waals surface area contributed by atoms with E-state index < -0.39 is 0 Å². The number of aromatic amines is 1. The van der Waals surface area contributed by atoms with Gasteiger partial charge in [0.25, 0.3) is 0 Å². The maximum atomic E-state index is 8.58. The summed E-state index contributed by atoms with van der Waals surface area (Å²) in [7, 11) is 0. The van der Waals surface area contributed by atoms with Gasteiger partial charge in [0.15, 0.2) is 0 Å². The molecule has 0 fully saturated rings. The van der Waals surface area contributed by atoms with E-state index in [4.69, 9.17) is 5.26 Å². The second-order valence-electron chi connectivity index (χ2n) is 2.30. The van der Waals surface area contributed by atoms with Crippen molar-refractivity contribution in [2.45, 2.75) is 0 Å². The fourth-order valence-corrected chi connectivity index (χ4v) is 1.75. The lowest BCUT2D eigenvalue weighted by atomic mass is 10.2. The number of nitriles is 1. The van der Waals surface area contributed by atoms with E-state index in [-0.39, 0.29) is 0 Å². The fraction of sp³-hybridized carbons (Fsp3) is 0. The summed E-state index contributed by atoms with van der Waals surface area (Å²) in [5, 5.41) is 17.0. The Kier molecular flexibility index (Phi) is 1.65. The number of rotatable bonds is 1. The number of nitrogens with zero attached hydrogens (tertiary/aromatic N) is 2. The van der Waals surface area contributed by atoms with Gasteiger partial charge in [-0.05, 0) is 6.07 Å². The smallest absolute Gasteiger partial charge is 0.100 e. The van der Waals surface area contributed by atoms with Gasteiger partial charge in [-0.25, -0.2) is 0 Å². The Morgan fingerprint density at radius 1 is 1.58 bits per heavy atom. The molecule has 0 aliphatic rings. The van der Waals surface area contributed by atoms with Gasteiger partial charge in [0.2, 0.25) is 0 Å². The van der Waals surface area contributed by atoms with Crippen molar-refractivity contribution in [3.63, 3.8) is 0 Å². The Bertz CT molecular complexity index is 408. The third kappa shape index (κ3) is 1.11. The monoisotopic (exact) mass is 175 g/mol. The lowest BCUT2D eigenvalue weighted by Crippen LogP contribution is -1.63. The highest BCUT2D eigenvalue weighted by Crippen LogP contribution is 2.25. The minimum Gasteiger partial charge on any atom is -0.285 e. The van der Waals surface area contributed by atoms with Crippen molar-refractivity contribution in [1.82, 2.24) is 10.2 Å². The summed E-state index contributed by atoms with van der Waals surface area (Å²) in [5.41, 5.74) is 1.73. The molecule has 0 saturated heterocycles. The number of nitrogens with one attached hydrogen (secondary N) is 1. The third-order valence-electron chi connectivity index (χ3n) is 1.51. The van der Waals surface area contributed by atoms with E-state index in [0.717, 1.165) is 10.4 Å². The summed E-state index contributed by atoms with van der Waals surface area (Å²) in [6.45, 7) is 0. The normalized spacial score (nSPS) is 9.58. The molecule has 2 aromatic heterocycles. The number of aromatic nitrogens is 2. The van der Waals surface area contributed by atoms with Crippen molar-refractivity contribution in [2.24, 2.45) is 0 Å². The van der Waals surface area contributed by atoms with Crippen LogP contribution in [0.4, 0.5) is 0 Å². The van der Waals surface area contributed by atoms with Gasteiger partial charge in [0.05, 0.1) is 11.8 Å². The summed E-state index contributed by atoms with van der Waals surface area (Å²) in [5.74, 6) is 0. The quantitative estimate of drug-likeness (QED) is 0.720. The second kappa shape index (κ2) is 2.80. The lowest BCUT2D eigenvalue weighted by Gasteiger charge is -1.84. The van der Waals surface area contributed by atoms with Crippen LogP contribution in [0.3, 0.4) is 0 Å². The molecule has 0 spiro atoms. The first-order valence-corrected chi connectivity index (χ1v) is 4.26. The molecule has 0 aromatic carbocycles. The second-order valence-corrected chi connectivity index (χ2v) is 3.21. The molecule has 2 rings (SSSR count). The highest BCUT2D eigenvalue weighted by atomic mass is 32.1. The molecular formula is C8H5N3S. The summed E-state index contributed by atoms with van der Waals surface area (Å²) in [6, 6.07) is 3.95. The first-order valence-electron chi connectivity index (χ1n) is 3.38. The molecule has 0 aliphatic heterocycles. The predicted molar refractivity (Wildman–Crippen MR) is 46.6 cm³/mol. The van der Waals surface area contributed by atoms with Crippen molar-refractivity contribution < 1.29 is 0 Å². The van der Waals surface area contributed by atoms with Crippen LogP contribution in [0.1, 0.15) is 5.56 Å². The molecule has 2 heterocycles. The van der Waals surface area contributed by atoms with E-state index in [0.29, 0.717) is 5.56 Å². The molecule has 0 saturated carbocycles. The van der Waals surface area contributed by atoms with Crippen LogP contribution in [0, 0.1) is 11.3 Å². The molecule has 1 N–H and O–H groups in total. The Morgan fingerprint density at radius 2 is 2.50 bits per heavy atom. The molecule has 4 heteroatoms. The highest BCUT2D eigenvalue weighted by molar-refractivity contribution is 7.13. The standard InChI is InChI=1S/C8H5N3S/c9-2-6-1-8(12-5-6)7-3-10-11-4-7/h1,3-5H,(H,10,11). The molecule has 3 nitrogen and oxygen atoms in total. The molecule has 0 atom stereocenters. The van der Waals surface area contributed by atoms with Crippen LogP contribution < -0.4 is 0 Å². The molecule has 0 aliphatic carbocycles. The Balaban J connectivity index is 2.44. The van der Waals surface area contributed by atoms with E-state index in [9.17, 15) is 0 Å². The third-order valence-corrected chi connectivity index (χ3v) is 2.49. The first-order chi connectivity index (χ1) is 5.90. The Hall–Kier alpha value is -1.60. The Morgan fingerprint density at radius 3 is 3.08 bits per heavy atom. The maximum Gasteiger partial charge on any atom is 0.100 e. The van der Waals surface area contributed by atoms with Gasteiger partial charge in [-0.2, -0.15) is 10.4 Å². The van der Waals surface area contributed by atoms with Crippen LogP contribution in [0.2, 0.25) is 0 Å². The predicted octanol–water partition coefficient (Wildman–Crippen LogP) is 2.01. The van der Waals surface area contributed by atoms with Crippen molar-refractivity contribution in [3.05, 3.63) is 29.4 Å². The maximum absolute atomic E-state index is 8.58. The fourth-order valence-electron chi connectivity index (χ4n) is 0.932. The number of H-pyrrole nitrogens is 1. The van der Waals surface area contributed by atoms with Gasteiger partial charge in [-0.15, -0.1) is 11.3 Å². The van der Waals surface area contributed by atoms with E-state index in [1.165, 1.54) is 0 Å². The molecule has 0 amide bonds. The van der Waals surface area contributed by atoms with Crippen molar-refractivity contribution in [3.8, 4) is 16.5 Å². The average molecular weight is 175 g/mol. The van der Waals surface area contributed by atoms with Gasteiger partial charge >= 0.3 is 0 Å².